The van der Waals surface area contributed by atoms with E-state index in [0.29, 0.717) is 17.5 Å². The summed E-state index contributed by atoms with van der Waals surface area (Å²) < 4.78 is 0. The minimum atomic E-state index is -0.210. The molecule has 0 spiro atoms. The standard InChI is InChI=1S/C23H28N4O2.ClH/c1-3-14-27(2)15-7-6-13-21(28)24-18-10-8-9-17(16-18)22-19-11-4-5-12-20(19)23(29)26-25-22;/h4-5,8-12,16H,3,6-7,13-15H2,1-2H3,(H,24,28)(H,26,29);1H. The molecule has 1 heterocycles. The number of rotatable bonds is 9. The number of H-pyrrole nitrogens is 1. The molecule has 160 valence electrons. The van der Waals surface area contributed by atoms with Crippen LogP contribution in [0.4, 0.5) is 5.69 Å². The number of carbonyl (C=O) groups is 1. The number of nitrogens with one attached hydrogen (secondary N) is 2. The van der Waals surface area contributed by atoms with Gasteiger partial charge in [0, 0.05) is 23.1 Å². The SMILES string of the molecule is CCCN(C)CCCCC(=O)Nc1cccc(-c2n[nH]c(=O)c3ccccc23)c1.Cl. The van der Waals surface area contributed by atoms with E-state index in [-0.39, 0.29) is 23.9 Å². The van der Waals surface area contributed by atoms with Gasteiger partial charge in [0.2, 0.25) is 5.91 Å². The molecule has 1 amide bonds. The van der Waals surface area contributed by atoms with Crippen molar-refractivity contribution in [2.75, 3.05) is 25.5 Å². The smallest absolute Gasteiger partial charge is 0.272 e. The fourth-order valence-electron chi connectivity index (χ4n) is 3.46. The van der Waals surface area contributed by atoms with Crippen molar-refractivity contribution in [2.24, 2.45) is 0 Å². The number of carbonyl (C=O) groups excluding carboxylic acids is 1. The third-order valence-corrected chi connectivity index (χ3v) is 4.91. The molecule has 0 fully saturated rings. The van der Waals surface area contributed by atoms with E-state index in [9.17, 15) is 9.59 Å². The van der Waals surface area contributed by atoms with Crippen LogP contribution < -0.4 is 10.9 Å². The summed E-state index contributed by atoms with van der Waals surface area (Å²) in [6.07, 6.45) is 3.53. The van der Waals surface area contributed by atoms with Crippen LogP contribution in [0.1, 0.15) is 32.6 Å². The largest absolute Gasteiger partial charge is 0.326 e. The maximum atomic E-state index is 12.3. The third-order valence-electron chi connectivity index (χ3n) is 4.91. The lowest BCUT2D eigenvalue weighted by atomic mass is 10.0. The molecular weight excluding hydrogens is 400 g/mol. The molecule has 0 unspecified atom stereocenters. The van der Waals surface area contributed by atoms with Gasteiger partial charge >= 0.3 is 0 Å². The van der Waals surface area contributed by atoms with Crippen LogP contribution in [0.15, 0.2) is 53.3 Å². The van der Waals surface area contributed by atoms with Crippen LogP contribution in [0.5, 0.6) is 0 Å². The van der Waals surface area contributed by atoms with Gasteiger partial charge in [0.1, 0.15) is 0 Å². The van der Waals surface area contributed by atoms with Crippen LogP contribution in [0.3, 0.4) is 0 Å². The number of unbranched alkanes of at least 4 members (excludes halogenated alkanes) is 1. The predicted molar refractivity (Wildman–Crippen MR) is 125 cm³/mol. The molecule has 0 radical (unpaired) electrons. The first-order valence-corrected chi connectivity index (χ1v) is 10.1. The number of hydrogen-bond acceptors (Lipinski definition) is 4. The highest BCUT2D eigenvalue weighted by atomic mass is 35.5. The maximum absolute atomic E-state index is 12.3. The molecule has 0 saturated carbocycles. The highest BCUT2D eigenvalue weighted by Crippen LogP contribution is 2.26. The second-order valence-corrected chi connectivity index (χ2v) is 7.34. The van der Waals surface area contributed by atoms with Gasteiger partial charge in [-0.3, -0.25) is 9.59 Å². The minimum Gasteiger partial charge on any atom is -0.326 e. The third kappa shape index (κ3) is 6.15. The van der Waals surface area contributed by atoms with E-state index in [4.69, 9.17) is 0 Å². The van der Waals surface area contributed by atoms with Crippen molar-refractivity contribution in [1.82, 2.24) is 15.1 Å². The number of halogens is 1. The minimum absolute atomic E-state index is 0. The first-order valence-electron chi connectivity index (χ1n) is 10.1. The molecule has 0 saturated heterocycles. The van der Waals surface area contributed by atoms with Gasteiger partial charge in [-0.1, -0.05) is 37.3 Å². The van der Waals surface area contributed by atoms with Crippen molar-refractivity contribution in [3.05, 3.63) is 58.9 Å². The topological polar surface area (TPSA) is 78.1 Å². The summed E-state index contributed by atoms with van der Waals surface area (Å²) in [4.78, 5) is 26.6. The van der Waals surface area contributed by atoms with Crippen molar-refractivity contribution in [3.8, 4) is 11.3 Å². The van der Waals surface area contributed by atoms with Gasteiger partial charge in [0.05, 0.1) is 11.1 Å². The summed E-state index contributed by atoms with van der Waals surface area (Å²) in [6, 6.07) is 14.9. The van der Waals surface area contributed by atoms with Crippen molar-refractivity contribution < 1.29 is 4.79 Å². The molecule has 3 aromatic rings. The normalized spacial score (nSPS) is 10.8. The Bertz CT molecular complexity index is 1030. The molecule has 6 nitrogen and oxygen atoms in total. The van der Waals surface area contributed by atoms with E-state index in [1.807, 2.05) is 42.5 Å². The Balaban J connectivity index is 0.00000320. The molecule has 3 rings (SSSR count). The Labute approximate surface area is 183 Å². The molecular formula is C23H29ClN4O2. The molecule has 30 heavy (non-hydrogen) atoms. The van der Waals surface area contributed by atoms with Gasteiger partial charge in [-0.05, 0) is 57.6 Å². The van der Waals surface area contributed by atoms with Crippen LogP contribution in [0.25, 0.3) is 22.0 Å². The lowest BCUT2D eigenvalue weighted by Crippen LogP contribution is -2.20. The summed E-state index contributed by atoms with van der Waals surface area (Å²) in [7, 11) is 2.11. The monoisotopic (exact) mass is 428 g/mol. The van der Waals surface area contributed by atoms with Crippen molar-refractivity contribution in [1.29, 1.82) is 0 Å². The highest BCUT2D eigenvalue weighted by Gasteiger charge is 2.10. The van der Waals surface area contributed by atoms with Gasteiger partial charge in [0.25, 0.3) is 5.56 Å². The van der Waals surface area contributed by atoms with Gasteiger partial charge in [0.15, 0.2) is 0 Å². The second-order valence-electron chi connectivity index (χ2n) is 7.34. The number of anilines is 1. The Morgan fingerprint density at radius 3 is 2.60 bits per heavy atom. The Morgan fingerprint density at radius 2 is 1.83 bits per heavy atom. The Hall–Kier alpha value is -2.70. The van der Waals surface area contributed by atoms with Crippen molar-refractivity contribution >= 4 is 34.8 Å². The number of fused-ring (bicyclic) bond motifs is 1. The first kappa shape index (κ1) is 23.6. The van der Waals surface area contributed by atoms with Gasteiger partial charge in [-0.25, -0.2) is 5.10 Å². The Morgan fingerprint density at radius 1 is 1.07 bits per heavy atom. The average Bonchev–Trinajstić information content (AvgIpc) is 2.72. The van der Waals surface area contributed by atoms with E-state index < -0.39 is 0 Å². The number of amides is 1. The summed E-state index contributed by atoms with van der Waals surface area (Å²) in [6.45, 7) is 4.28. The zero-order valence-corrected chi connectivity index (χ0v) is 18.3. The van der Waals surface area contributed by atoms with Crippen LogP contribution in [-0.2, 0) is 4.79 Å². The van der Waals surface area contributed by atoms with E-state index in [2.05, 4.69) is 34.4 Å². The lowest BCUT2D eigenvalue weighted by Gasteiger charge is -2.14. The van der Waals surface area contributed by atoms with E-state index in [1.54, 1.807) is 6.07 Å². The van der Waals surface area contributed by atoms with Crippen LogP contribution >= 0.6 is 12.4 Å². The van der Waals surface area contributed by atoms with E-state index in [1.165, 1.54) is 0 Å². The number of aromatic nitrogens is 2. The zero-order chi connectivity index (χ0) is 20.6. The number of aromatic amines is 1. The maximum Gasteiger partial charge on any atom is 0.272 e. The molecule has 0 aliphatic heterocycles. The van der Waals surface area contributed by atoms with Crippen LogP contribution in [-0.4, -0.2) is 41.1 Å². The highest BCUT2D eigenvalue weighted by molar-refractivity contribution is 5.95. The molecule has 0 atom stereocenters. The fraction of sp³-hybridized carbons (Fsp3) is 0.348. The number of hydrogen-bond donors (Lipinski definition) is 2. The average molecular weight is 429 g/mol. The Kier molecular flexibility index (Phi) is 9.02. The van der Waals surface area contributed by atoms with Crippen molar-refractivity contribution in [2.45, 2.75) is 32.6 Å². The van der Waals surface area contributed by atoms with E-state index >= 15 is 0 Å². The van der Waals surface area contributed by atoms with Gasteiger partial charge in [-0.2, -0.15) is 5.10 Å². The summed E-state index contributed by atoms with van der Waals surface area (Å²) in [5, 5.41) is 11.1. The molecule has 1 aromatic heterocycles. The quantitative estimate of drug-likeness (QED) is 0.493. The van der Waals surface area contributed by atoms with Crippen LogP contribution in [0, 0.1) is 0 Å². The van der Waals surface area contributed by atoms with Crippen LogP contribution in [0.2, 0.25) is 0 Å². The van der Waals surface area contributed by atoms with E-state index in [0.717, 1.165) is 49.0 Å². The fourth-order valence-corrected chi connectivity index (χ4v) is 3.46. The second kappa shape index (κ2) is 11.5. The summed E-state index contributed by atoms with van der Waals surface area (Å²) >= 11 is 0. The van der Waals surface area contributed by atoms with Gasteiger partial charge < -0.3 is 10.2 Å². The molecule has 0 aliphatic rings. The molecule has 2 N–H and O–H groups in total. The number of nitrogens with zero attached hydrogens (tertiary/aromatic N) is 2. The summed E-state index contributed by atoms with van der Waals surface area (Å²) in [5.74, 6) is 0.0135. The van der Waals surface area contributed by atoms with Gasteiger partial charge in [-0.15, -0.1) is 12.4 Å². The van der Waals surface area contributed by atoms with Crippen molar-refractivity contribution in [3.63, 3.8) is 0 Å². The summed E-state index contributed by atoms with van der Waals surface area (Å²) in [5.41, 5.74) is 2.05. The first-order chi connectivity index (χ1) is 14.1. The molecule has 0 bridgehead atoms. The molecule has 2 aromatic carbocycles. The molecule has 0 aliphatic carbocycles. The number of benzene rings is 2. The lowest BCUT2D eigenvalue weighted by molar-refractivity contribution is -0.116. The zero-order valence-electron chi connectivity index (χ0n) is 17.5. The predicted octanol–water partition coefficient (Wildman–Crippen LogP) is 4.46. The molecule has 7 heteroatoms.